The summed E-state index contributed by atoms with van der Waals surface area (Å²) < 4.78 is 0. The van der Waals surface area contributed by atoms with Crippen molar-refractivity contribution in [1.82, 2.24) is 19.8 Å². The Morgan fingerprint density at radius 1 is 1.26 bits per heavy atom. The SMILES string of the molecule is CCc1nc(CC2CN(C)CCN2C)nc(N)c1C. The maximum Gasteiger partial charge on any atom is 0.132 e. The van der Waals surface area contributed by atoms with Crippen LogP contribution in [0, 0.1) is 6.92 Å². The van der Waals surface area contributed by atoms with E-state index in [0.717, 1.165) is 49.6 Å². The van der Waals surface area contributed by atoms with Crippen LogP contribution in [0.15, 0.2) is 0 Å². The lowest BCUT2D eigenvalue weighted by Gasteiger charge is -2.37. The molecule has 2 heterocycles. The Morgan fingerprint density at radius 3 is 2.68 bits per heavy atom. The third-order valence-corrected chi connectivity index (χ3v) is 4.06. The minimum atomic E-state index is 0.477. The van der Waals surface area contributed by atoms with Gasteiger partial charge in [-0.15, -0.1) is 0 Å². The summed E-state index contributed by atoms with van der Waals surface area (Å²) in [7, 11) is 4.35. The fraction of sp³-hybridized carbons (Fsp3) is 0.714. The highest BCUT2D eigenvalue weighted by molar-refractivity contribution is 5.41. The van der Waals surface area contributed by atoms with E-state index < -0.39 is 0 Å². The second kappa shape index (κ2) is 5.84. The fourth-order valence-corrected chi connectivity index (χ4v) is 2.60. The lowest BCUT2D eigenvalue weighted by molar-refractivity contribution is 0.113. The highest BCUT2D eigenvalue weighted by atomic mass is 15.3. The van der Waals surface area contributed by atoms with Gasteiger partial charge in [0.2, 0.25) is 0 Å². The molecule has 2 rings (SSSR count). The van der Waals surface area contributed by atoms with Crippen LogP contribution in [0.4, 0.5) is 5.82 Å². The van der Waals surface area contributed by atoms with Crippen molar-refractivity contribution in [2.75, 3.05) is 39.5 Å². The Bertz CT molecular complexity index is 446. The number of piperazine rings is 1. The first-order valence-electron chi connectivity index (χ1n) is 7.02. The van der Waals surface area contributed by atoms with Gasteiger partial charge in [0.15, 0.2) is 0 Å². The molecule has 0 saturated carbocycles. The van der Waals surface area contributed by atoms with E-state index in [2.05, 4.69) is 40.8 Å². The fourth-order valence-electron chi connectivity index (χ4n) is 2.60. The predicted molar refractivity (Wildman–Crippen MR) is 78.2 cm³/mol. The quantitative estimate of drug-likeness (QED) is 0.871. The highest BCUT2D eigenvalue weighted by Crippen LogP contribution is 2.16. The third kappa shape index (κ3) is 3.22. The molecule has 0 aromatic carbocycles. The molecule has 1 aliphatic rings. The lowest BCUT2D eigenvalue weighted by Crippen LogP contribution is -2.51. The van der Waals surface area contributed by atoms with Gasteiger partial charge in [0.05, 0.1) is 0 Å². The van der Waals surface area contributed by atoms with E-state index in [1.54, 1.807) is 0 Å². The lowest BCUT2D eigenvalue weighted by atomic mass is 10.1. The summed E-state index contributed by atoms with van der Waals surface area (Å²) in [6.45, 7) is 7.40. The summed E-state index contributed by atoms with van der Waals surface area (Å²) in [5.74, 6) is 1.51. The van der Waals surface area contributed by atoms with Crippen LogP contribution >= 0.6 is 0 Å². The molecule has 0 radical (unpaired) electrons. The Kier molecular flexibility index (Phi) is 4.37. The molecular formula is C14H25N5. The van der Waals surface area contributed by atoms with E-state index in [9.17, 15) is 0 Å². The molecule has 5 heteroatoms. The number of nitrogen functional groups attached to an aromatic ring is 1. The van der Waals surface area contributed by atoms with Crippen LogP contribution in [0.25, 0.3) is 0 Å². The standard InChI is InChI=1S/C14H25N5/c1-5-12-10(2)14(15)17-13(16-12)8-11-9-18(3)6-7-19(11)4/h11H,5-9H2,1-4H3,(H2,15,16,17). The van der Waals surface area contributed by atoms with Gasteiger partial charge in [-0.2, -0.15) is 0 Å². The van der Waals surface area contributed by atoms with Gasteiger partial charge in [-0.25, -0.2) is 9.97 Å². The average Bonchev–Trinajstić information content (AvgIpc) is 2.38. The molecule has 1 aromatic heterocycles. The average molecular weight is 263 g/mol. The minimum Gasteiger partial charge on any atom is -0.383 e. The van der Waals surface area contributed by atoms with Crippen molar-refractivity contribution in [2.24, 2.45) is 0 Å². The molecule has 1 aliphatic heterocycles. The Morgan fingerprint density at radius 2 is 2.00 bits per heavy atom. The van der Waals surface area contributed by atoms with Crippen LogP contribution in [0.2, 0.25) is 0 Å². The van der Waals surface area contributed by atoms with Crippen LogP contribution in [-0.4, -0.2) is 59.5 Å². The van der Waals surface area contributed by atoms with E-state index in [0.29, 0.717) is 11.9 Å². The van der Waals surface area contributed by atoms with Crippen molar-refractivity contribution in [1.29, 1.82) is 0 Å². The van der Waals surface area contributed by atoms with Crippen LogP contribution in [0.5, 0.6) is 0 Å². The van der Waals surface area contributed by atoms with Gasteiger partial charge in [0, 0.05) is 43.4 Å². The van der Waals surface area contributed by atoms with Gasteiger partial charge in [0.25, 0.3) is 0 Å². The van der Waals surface area contributed by atoms with E-state index in [1.807, 2.05) is 6.92 Å². The third-order valence-electron chi connectivity index (χ3n) is 4.06. The summed E-state index contributed by atoms with van der Waals surface area (Å²) >= 11 is 0. The number of hydrogen-bond donors (Lipinski definition) is 1. The molecule has 0 amide bonds. The molecule has 5 nitrogen and oxygen atoms in total. The smallest absolute Gasteiger partial charge is 0.132 e. The molecule has 1 aromatic rings. The summed E-state index contributed by atoms with van der Waals surface area (Å²) in [6, 6.07) is 0.477. The molecule has 1 atom stereocenters. The first kappa shape index (κ1) is 14.2. The Labute approximate surface area is 115 Å². The van der Waals surface area contributed by atoms with Crippen molar-refractivity contribution >= 4 is 5.82 Å². The van der Waals surface area contributed by atoms with Gasteiger partial charge in [0.1, 0.15) is 11.6 Å². The topological polar surface area (TPSA) is 58.3 Å². The zero-order valence-electron chi connectivity index (χ0n) is 12.5. The number of rotatable bonds is 3. The van der Waals surface area contributed by atoms with Gasteiger partial charge in [-0.1, -0.05) is 6.92 Å². The molecule has 1 unspecified atom stereocenters. The molecular weight excluding hydrogens is 238 g/mol. The first-order chi connectivity index (χ1) is 9.01. The van der Waals surface area contributed by atoms with E-state index in [-0.39, 0.29) is 0 Å². The molecule has 0 aliphatic carbocycles. The molecule has 0 spiro atoms. The number of nitrogens with zero attached hydrogens (tertiary/aromatic N) is 4. The predicted octanol–water partition coefficient (Wildman–Crippen LogP) is 0.718. The minimum absolute atomic E-state index is 0.477. The van der Waals surface area contributed by atoms with Crippen LogP contribution in [0.1, 0.15) is 24.0 Å². The molecule has 1 saturated heterocycles. The van der Waals surface area contributed by atoms with Crippen molar-refractivity contribution in [3.8, 4) is 0 Å². The van der Waals surface area contributed by atoms with Crippen LogP contribution in [0.3, 0.4) is 0 Å². The van der Waals surface area contributed by atoms with Crippen molar-refractivity contribution < 1.29 is 0 Å². The monoisotopic (exact) mass is 263 g/mol. The van der Waals surface area contributed by atoms with Crippen LogP contribution in [-0.2, 0) is 12.8 Å². The number of nitrogens with two attached hydrogens (primary N) is 1. The number of likely N-dealkylation sites (N-methyl/N-ethyl adjacent to an activating group) is 2. The molecule has 2 N–H and O–H groups in total. The molecule has 1 fully saturated rings. The number of hydrogen-bond acceptors (Lipinski definition) is 5. The van der Waals surface area contributed by atoms with Crippen molar-refractivity contribution in [3.63, 3.8) is 0 Å². The maximum absolute atomic E-state index is 5.99. The number of anilines is 1. The van der Waals surface area contributed by atoms with Gasteiger partial charge < -0.3 is 15.5 Å². The van der Waals surface area contributed by atoms with E-state index >= 15 is 0 Å². The van der Waals surface area contributed by atoms with Crippen molar-refractivity contribution in [3.05, 3.63) is 17.1 Å². The summed E-state index contributed by atoms with van der Waals surface area (Å²) in [5, 5.41) is 0. The van der Waals surface area contributed by atoms with Gasteiger partial charge in [-0.05, 0) is 27.4 Å². The number of aryl methyl sites for hydroxylation is 1. The summed E-state index contributed by atoms with van der Waals surface area (Å²) in [6.07, 6.45) is 1.78. The van der Waals surface area contributed by atoms with Crippen molar-refractivity contribution in [2.45, 2.75) is 32.7 Å². The maximum atomic E-state index is 5.99. The Hall–Kier alpha value is -1.20. The zero-order chi connectivity index (χ0) is 14.0. The second-order valence-corrected chi connectivity index (χ2v) is 5.55. The summed E-state index contributed by atoms with van der Waals surface area (Å²) in [4.78, 5) is 13.9. The highest BCUT2D eigenvalue weighted by Gasteiger charge is 2.23. The zero-order valence-corrected chi connectivity index (χ0v) is 12.5. The Balaban J connectivity index is 2.16. The second-order valence-electron chi connectivity index (χ2n) is 5.55. The molecule has 106 valence electrons. The number of aromatic nitrogens is 2. The van der Waals surface area contributed by atoms with Crippen LogP contribution < -0.4 is 5.73 Å². The molecule has 19 heavy (non-hydrogen) atoms. The van der Waals surface area contributed by atoms with E-state index in [4.69, 9.17) is 5.73 Å². The summed E-state index contributed by atoms with van der Waals surface area (Å²) in [5.41, 5.74) is 8.10. The van der Waals surface area contributed by atoms with Gasteiger partial charge >= 0.3 is 0 Å². The first-order valence-corrected chi connectivity index (χ1v) is 7.02. The van der Waals surface area contributed by atoms with Gasteiger partial charge in [-0.3, -0.25) is 0 Å². The normalized spacial score (nSPS) is 21.8. The largest absolute Gasteiger partial charge is 0.383 e. The molecule has 0 bridgehead atoms. The van der Waals surface area contributed by atoms with E-state index in [1.165, 1.54) is 0 Å².